The van der Waals surface area contributed by atoms with Crippen molar-refractivity contribution in [2.45, 2.75) is 32.9 Å². The van der Waals surface area contributed by atoms with Crippen molar-refractivity contribution in [2.75, 3.05) is 13.2 Å². The number of likely N-dealkylation sites (tertiary alicyclic amines) is 1. The molecule has 2 aliphatic heterocycles. The van der Waals surface area contributed by atoms with Gasteiger partial charge in [-0.05, 0) is 42.9 Å². The minimum atomic E-state index is -0.407. The molecule has 1 amide bonds. The molecule has 5 nitrogen and oxygen atoms in total. The average Bonchev–Trinajstić information content (AvgIpc) is 3.14. The van der Waals surface area contributed by atoms with Crippen molar-refractivity contribution in [3.8, 4) is 11.8 Å². The molecule has 0 bridgehead atoms. The molecule has 1 saturated heterocycles. The predicted octanol–water partition coefficient (Wildman–Crippen LogP) is 3.91. The van der Waals surface area contributed by atoms with Crippen LogP contribution in [0.15, 0.2) is 29.4 Å². The second kappa shape index (κ2) is 7.79. The fourth-order valence-electron chi connectivity index (χ4n) is 2.82. The lowest BCUT2D eigenvalue weighted by Gasteiger charge is -2.21. The van der Waals surface area contributed by atoms with Gasteiger partial charge in [0.25, 0.3) is 0 Å². The number of benzene rings is 1. The number of rotatable bonds is 3. The van der Waals surface area contributed by atoms with Gasteiger partial charge in [-0.2, -0.15) is 0 Å². The number of hydrogen-bond donors (Lipinski definition) is 0. The largest absolute Gasteiger partial charge is 0.449 e. The van der Waals surface area contributed by atoms with E-state index in [1.54, 1.807) is 17.0 Å². The average molecular weight is 361 g/mol. The highest BCUT2D eigenvalue weighted by Gasteiger charge is 2.46. The molecule has 0 spiro atoms. The third kappa shape index (κ3) is 4.26. The van der Waals surface area contributed by atoms with Crippen molar-refractivity contribution in [3.05, 3.63) is 34.9 Å². The Balaban J connectivity index is 1.59. The van der Waals surface area contributed by atoms with Gasteiger partial charge in [-0.25, -0.2) is 4.79 Å². The molecule has 0 aliphatic carbocycles. The van der Waals surface area contributed by atoms with Crippen LogP contribution < -0.4 is 0 Å². The second-order valence-electron chi connectivity index (χ2n) is 6.62. The van der Waals surface area contributed by atoms with Crippen LogP contribution in [-0.4, -0.2) is 36.1 Å². The van der Waals surface area contributed by atoms with Crippen LogP contribution in [0.1, 0.15) is 32.3 Å². The van der Waals surface area contributed by atoms with Gasteiger partial charge in [-0.1, -0.05) is 42.6 Å². The SMILES string of the molecule is CC(C)CCOC(=O)N1CCC2C(C#Cc3cccc(Cl)c3)=NOC21. The van der Waals surface area contributed by atoms with Crippen molar-refractivity contribution >= 4 is 23.4 Å². The molecule has 2 aliphatic rings. The summed E-state index contributed by atoms with van der Waals surface area (Å²) in [5, 5.41) is 4.70. The summed E-state index contributed by atoms with van der Waals surface area (Å²) in [4.78, 5) is 19.3. The zero-order valence-corrected chi connectivity index (χ0v) is 15.1. The van der Waals surface area contributed by atoms with Crippen molar-refractivity contribution in [2.24, 2.45) is 17.0 Å². The van der Waals surface area contributed by atoms with Gasteiger partial charge in [0.1, 0.15) is 5.71 Å². The maximum absolute atomic E-state index is 12.2. The van der Waals surface area contributed by atoms with E-state index in [0.29, 0.717) is 29.8 Å². The molecule has 2 unspecified atom stereocenters. The van der Waals surface area contributed by atoms with Gasteiger partial charge in [0, 0.05) is 17.1 Å². The Morgan fingerprint density at radius 2 is 2.32 bits per heavy atom. The van der Waals surface area contributed by atoms with E-state index in [1.165, 1.54) is 0 Å². The van der Waals surface area contributed by atoms with Gasteiger partial charge >= 0.3 is 6.09 Å². The molecule has 2 atom stereocenters. The Morgan fingerprint density at radius 1 is 1.48 bits per heavy atom. The van der Waals surface area contributed by atoms with Crippen LogP contribution in [0.25, 0.3) is 0 Å². The van der Waals surface area contributed by atoms with Crippen LogP contribution in [0.5, 0.6) is 0 Å². The molecular weight excluding hydrogens is 340 g/mol. The molecule has 0 radical (unpaired) electrons. The van der Waals surface area contributed by atoms with E-state index >= 15 is 0 Å². The van der Waals surface area contributed by atoms with Crippen LogP contribution in [0.4, 0.5) is 4.79 Å². The first kappa shape index (κ1) is 17.6. The molecule has 1 aromatic carbocycles. The van der Waals surface area contributed by atoms with Gasteiger partial charge in [-0.15, -0.1) is 0 Å². The number of carbonyl (C=O) groups excluding carboxylic acids is 1. The van der Waals surface area contributed by atoms with Crippen LogP contribution in [-0.2, 0) is 9.57 Å². The number of fused-ring (bicyclic) bond motifs is 1. The highest BCUT2D eigenvalue weighted by molar-refractivity contribution is 6.30. The van der Waals surface area contributed by atoms with E-state index in [-0.39, 0.29) is 12.0 Å². The first-order valence-electron chi connectivity index (χ1n) is 8.49. The summed E-state index contributed by atoms with van der Waals surface area (Å²) < 4.78 is 5.33. The van der Waals surface area contributed by atoms with E-state index in [1.807, 2.05) is 12.1 Å². The summed E-state index contributed by atoms with van der Waals surface area (Å²) >= 11 is 5.96. The van der Waals surface area contributed by atoms with Gasteiger partial charge < -0.3 is 9.57 Å². The van der Waals surface area contributed by atoms with E-state index in [4.69, 9.17) is 21.2 Å². The number of carbonyl (C=O) groups is 1. The number of amides is 1. The number of halogens is 1. The molecule has 3 rings (SSSR count). The molecule has 25 heavy (non-hydrogen) atoms. The fourth-order valence-corrected chi connectivity index (χ4v) is 3.01. The lowest BCUT2D eigenvalue weighted by atomic mass is 10.0. The maximum atomic E-state index is 12.2. The van der Waals surface area contributed by atoms with Gasteiger partial charge in [0.2, 0.25) is 6.23 Å². The summed E-state index contributed by atoms with van der Waals surface area (Å²) in [6, 6.07) is 7.35. The summed E-state index contributed by atoms with van der Waals surface area (Å²) in [7, 11) is 0. The highest BCUT2D eigenvalue weighted by atomic mass is 35.5. The van der Waals surface area contributed by atoms with E-state index < -0.39 is 6.23 Å². The Morgan fingerprint density at radius 3 is 3.08 bits per heavy atom. The molecule has 1 aromatic rings. The zero-order chi connectivity index (χ0) is 17.8. The van der Waals surface area contributed by atoms with Gasteiger partial charge in [0.15, 0.2) is 0 Å². The Labute approximate surface area is 152 Å². The second-order valence-corrected chi connectivity index (χ2v) is 7.05. The molecule has 0 saturated carbocycles. The lowest BCUT2D eigenvalue weighted by Crippen LogP contribution is -2.38. The van der Waals surface area contributed by atoms with Crippen molar-refractivity contribution in [1.82, 2.24) is 4.90 Å². The van der Waals surface area contributed by atoms with Crippen molar-refractivity contribution in [3.63, 3.8) is 0 Å². The van der Waals surface area contributed by atoms with E-state index in [0.717, 1.165) is 18.4 Å². The third-order valence-corrected chi connectivity index (χ3v) is 4.49. The number of oxime groups is 1. The molecule has 2 heterocycles. The smallest absolute Gasteiger partial charge is 0.412 e. The molecule has 0 N–H and O–H groups in total. The Hall–Kier alpha value is -2.19. The molecular formula is C19H21ClN2O3. The zero-order valence-electron chi connectivity index (χ0n) is 14.4. The lowest BCUT2D eigenvalue weighted by molar-refractivity contribution is -0.0254. The molecule has 6 heteroatoms. The topological polar surface area (TPSA) is 51.1 Å². The quantitative estimate of drug-likeness (QED) is 0.768. The minimum absolute atomic E-state index is 0.00401. The minimum Gasteiger partial charge on any atom is -0.449 e. The first-order chi connectivity index (χ1) is 12.0. The number of hydrogen-bond acceptors (Lipinski definition) is 4. The summed E-state index contributed by atoms with van der Waals surface area (Å²) in [5.74, 6) is 6.61. The summed E-state index contributed by atoms with van der Waals surface area (Å²) in [6.45, 7) is 5.21. The van der Waals surface area contributed by atoms with E-state index in [9.17, 15) is 4.79 Å². The van der Waals surface area contributed by atoms with Crippen molar-refractivity contribution in [1.29, 1.82) is 0 Å². The summed E-state index contributed by atoms with van der Waals surface area (Å²) in [5.41, 5.74) is 1.49. The van der Waals surface area contributed by atoms with Gasteiger partial charge in [0.05, 0.1) is 12.5 Å². The van der Waals surface area contributed by atoms with Crippen LogP contribution in [0.3, 0.4) is 0 Å². The number of ether oxygens (including phenoxy) is 1. The standard InChI is InChI=1S/C19H21ClN2O3/c1-13(2)9-11-24-19(23)22-10-8-16-17(21-25-18(16)22)7-6-14-4-3-5-15(20)12-14/h3-5,12-13,16,18H,8-11H2,1-2H3. The first-order valence-corrected chi connectivity index (χ1v) is 8.87. The Bertz CT molecular complexity index is 736. The molecule has 132 valence electrons. The van der Waals surface area contributed by atoms with Crippen LogP contribution >= 0.6 is 11.6 Å². The predicted molar refractivity (Wildman–Crippen MR) is 96.3 cm³/mol. The van der Waals surface area contributed by atoms with Crippen LogP contribution in [0.2, 0.25) is 5.02 Å². The molecule has 0 aromatic heterocycles. The fraction of sp³-hybridized carbons (Fsp3) is 0.474. The Kier molecular flexibility index (Phi) is 5.50. The molecule has 1 fully saturated rings. The maximum Gasteiger partial charge on any atom is 0.412 e. The highest BCUT2D eigenvalue weighted by Crippen LogP contribution is 2.32. The van der Waals surface area contributed by atoms with Crippen LogP contribution in [0, 0.1) is 23.7 Å². The summed E-state index contributed by atoms with van der Waals surface area (Å²) in [6.07, 6.45) is 0.872. The number of nitrogens with zero attached hydrogens (tertiary/aromatic N) is 2. The van der Waals surface area contributed by atoms with Crippen molar-refractivity contribution < 1.29 is 14.4 Å². The van der Waals surface area contributed by atoms with Gasteiger partial charge in [-0.3, -0.25) is 4.90 Å². The monoisotopic (exact) mass is 360 g/mol. The van der Waals surface area contributed by atoms with E-state index in [2.05, 4.69) is 30.8 Å². The third-order valence-electron chi connectivity index (χ3n) is 4.26. The normalized spacial score (nSPS) is 21.3.